The summed E-state index contributed by atoms with van der Waals surface area (Å²) in [6.07, 6.45) is 105. The summed E-state index contributed by atoms with van der Waals surface area (Å²) < 4.78 is 23.5. The van der Waals surface area contributed by atoms with Gasteiger partial charge in [0.25, 0.3) is 7.82 Å². The zero-order valence-electron chi connectivity index (χ0n) is 62.7. The van der Waals surface area contributed by atoms with Gasteiger partial charge in [0.05, 0.1) is 39.9 Å². The molecule has 0 aliphatic heterocycles. The van der Waals surface area contributed by atoms with E-state index in [1.807, 2.05) is 27.2 Å². The van der Waals surface area contributed by atoms with Gasteiger partial charge in [-0.25, -0.2) is 0 Å². The molecule has 0 fully saturated rings. The Morgan fingerprint density at radius 3 is 1.00 bits per heavy atom. The fourth-order valence-electron chi connectivity index (χ4n) is 12.4. The quantitative estimate of drug-likeness (QED) is 0.0272. The Kier molecular flexibility index (Phi) is 72.5. The van der Waals surface area contributed by atoms with E-state index in [9.17, 15) is 19.4 Å². The number of aliphatic hydroxyl groups excluding tert-OH is 1. The molecular formula is C84H159N2O6P. The molecule has 0 heterocycles. The highest BCUT2D eigenvalue weighted by Crippen LogP contribution is 2.38. The van der Waals surface area contributed by atoms with Gasteiger partial charge in [0.15, 0.2) is 0 Å². The van der Waals surface area contributed by atoms with Crippen LogP contribution in [0, 0.1) is 0 Å². The van der Waals surface area contributed by atoms with Crippen molar-refractivity contribution in [1.82, 2.24) is 5.32 Å². The third-order valence-electron chi connectivity index (χ3n) is 18.7. The Morgan fingerprint density at radius 1 is 0.387 bits per heavy atom. The van der Waals surface area contributed by atoms with E-state index in [-0.39, 0.29) is 19.1 Å². The molecule has 0 saturated carbocycles. The van der Waals surface area contributed by atoms with Gasteiger partial charge < -0.3 is 28.8 Å². The average molecular weight is 1320 g/mol. The summed E-state index contributed by atoms with van der Waals surface area (Å²) in [5, 5.41) is 14.0. The van der Waals surface area contributed by atoms with Crippen LogP contribution in [0.1, 0.15) is 406 Å². The van der Waals surface area contributed by atoms with Crippen LogP contribution < -0.4 is 10.2 Å². The van der Waals surface area contributed by atoms with E-state index in [1.54, 1.807) is 6.08 Å². The lowest BCUT2D eigenvalue weighted by molar-refractivity contribution is -0.870. The van der Waals surface area contributed by atoms with Gasteiger partial charge >= 0.3 is 0 Å². The number of allylic oxidation sites excluding steroid dienone is 11. The fourth-order valence-corrected chi connectivity index (χ4v) is 13.1. The molecule has 3 atom stereocenters. The van der Waals surface area contributed by atoms with Gasteiger partial charge in [-0.05, 0) is 70.6 Å². The van der Waals surface area contributed by atoms with E-state index >= 15 is 0 Å². The molecule has 3 unspecified atom stereocenters. The predicted octanol–water partition coefficient (Wildman–Crippen LogP) is 26.2. The fraction of sp³-hybridized carbons (Fsp3) is 0.845. The van der Waals surface area contributed by atoms with E-state index in [2.05, 4.69) is 79.9 Å². The molecule has 8 nitrogen and oxygen atoms in total. The van der Waals surface area contributed by atoms with Crippen molar-refractivity contribution < 1.29 is 32.9 Å². The first-order valence-corrected chi connectivity index (χ1v) is 42.3. The Balaban J connectivity index is 3.94. The number of nitrogens with zero attached hydrogens (tertiary/aromatic N) is 1. The van der Waals surface area contributed by atoms with Crippen molar-refractivity contribution in [3.8, 4) is 0 Å². The highest BCUT2D eigenvalue weighted by molar-refractivity contribution is 7.45. The Hall–Kier alpha value is -2.06. The minimum absolute atomic E-state index is 0.00533. The van der Waals surface area contributed by atoms with Gasteiger partial charge in [-0.15, -0.1) is 0 Å². The second kappa shape index (κ2) is 74.2. The number of hydrogen-bond acceptors (Lipinski definition) is 6. The molecule has 1 amide bonds. The maximum Gasteiger partial charge on any atom is 0.268 e. The largest absolute Gasteiger partial charge is 0.756 e. The minimum Gasteiger partial charge on any atom is -0.756 e. The molecule has 9 heteroatoms. The molecular weight excluding hydrogens is 1160 g/mol. The van der Waals surface area contributed by atoms with E-state index in [1.165, 1.54) is 321 Å². The molecule has 0 radical (unpaired) electrons. The number of rotatable bonds is 76. The number of carbonyl (C=O) groups excluding carboxylic acids is 1. The first-order chi connectivity index (χ1) is 45.5. The van der Waals surface area contributed by atoms with Gasteiger partial charge in [0, 0.05) is 6.42 Å². The zero-order chi connectivity index (χ0) is 67.6. The highest BCUT2D eigenvalue weighted by Gasteiger charge is 2.23. The van der Waals surface area contributed by atoms with Gasteiger partial charge in [0.1, 0.15) is 13.2 Å². The van der Waals surface area contributed by atoms with Gasteiger partial charge in [-0.1, -0.05) is 401 Å². The van der Waals surface area contributed by atoms with Crippen LogP contribution in [0.25, 0.3) is 0 Å². The van der Waals surface area contributed by atoms with Gasteiger partial charge in [-0.3, -0.25) is 9.36 Å². The van der Waals surface area contributed by atoms with Crippen LogP contribution in [0.4, 0.5) is 0 Å². The lowest BCUT2D eigenvalue weighted by Gasteiger charge is -2.29. The average Bonchev–Trinajstić information content (AvgIpc) is 2.75. The van der Waals surface area contributed by atoms with Crippen molar-refractivity contribution in [1.29, 1.82) is 0 Å². The second-order valence-corrected chi connectivity index (χ2v) is 30.5. The molecule has 0 saturated heterocycles. The molecule has 546 valence electrons. The number of likely N-dealkylation sites (N-methyl/N-ethyl adjacent to an activating group) is 1. The maximum atomic E-state index is 13.1. The summed E-state index contributed by atoms with van der Waals surface area (Å²) in [4.78, 5) is 25.7. The lowest BCUT2D eigenvalue weighted by atomic mass is 10.0. The molecule has 0 aliphatic rings. The van der Waals surface area contributed by atoms with Crippen LogP contribution in [-0.4, -0.2) is 68.5 Å². The van der Waals surface area contributed by atoms with Crippen LogP contribution in [-0.2, 0) is 18.4 Å². The summed E-state index contributed by atoms with van der Waals surface area (Å²) >= 11 is 0. The number of carbonyl (C=O) groups is 1. The van der Waals surface area contributed by atoms with Crippen LogP contribution in [0.15, 0.2) is 72.9 Å². The molecule has 0 aromatic heterocycles. The maximum absolute atomic E-state index is 13.1. The topological polar surface area (TPSA) is 108 Å². The highest BCUT2D eigenvalue weighted by atomic mass is 31.2. The number of unbranched alkanes of at least 4 members (excludes halogenated alkanes) is 53. The number of phosphoric acid groups is 1. The monoisotopic (exact) mass is 1320 g/mol. The van der Waals surface area contributed by atoms with E-state index in [4.69, 9.17) is 9.05 Å². The van der Waals surface area contributed by atoms with Crippen LogP contribution in [0.3, 0.4) is 0 Å². The zero-order valence-corrected chi connectivity index (χ0v) is 63.6. The van der Waals surface area contributed by atoms with Crippen molar-refractivity contribution in [2.45, 2.75) is 418 Å². The van der Waals surface area contributed by atoms with Gasteiger partial charge in [0.2, 0.25) is 5.91 Å². The third-order valence-corrected chi connectivity index (χ3v) is 19.6. The number of hydrogen-bond donors (Lipinski definition) is 2. The van der Waals surface area contributed by atoms with E-state index in [0.29, 0.717) is 17.4 Å². The normalized spacial score (nSPS) is 13.8. The van der Waals surface area contributed by atoms with Gasteiger partial charge in [-0.2, -0.15) is 0 Å². The molecule has 0 aliphatic carbocycles. The summed E-state index contributed by atoms with van der Waals surface area (Å²) in [6.45, 7) is 4.57. The minimum atomic E-state index is -4.62. The number of nitrogens with one attached hydrogen (secondary N) is 1. The van der Waals surface area contributed by atoms with Crippen LogP contribution >= 0.6 is 7.82 Å². The molecule has 0 aromatic carbocycles. The molecule has 93 heavy (non-hydrogen) atoms. The first kappa shape index (κ1) is 90.9. The van der Waals surface area contributed by atoms with Crippen molar-refractivity contribution in [2.24, 2.45) is 0 Å². The second-order valence-electron chi connectivity index (χ2n) is 29.1. The molecule has 0 aromatic rings. The number of aliphatic hydroxyl groups is 1. The Labute approximate surface area is 580 Å². The number of phosphoric ester groups is 1. The van der Waals surface area contributed by atoms with Crippen molar-refractivity contribution in [3.63, 3.8) is 0 Å². The lowest BCUT2D eigenvalue weighted by Crippen LogP contribution is -2.45. The van der Waals surface area contributed by atoms with Crippen LogP contribution in [0.5, 0.6) is 0 Å². The van der Waals surface area contributed by atoms with Crippen molar-refractivity contribution in [3.05, 3.63) is 72.9 Å². The summed E-state index contributed by atoms with van der Waals surface area (Å²) in [6, 6.07) is -0.906. The SMILES string of the molecule is CC/C=C\C/C=C\C/C=C\C/C=C\CCCCCCCCCCCCCCCCCCCCCCCCCCCCCCC(=O)NC(COP(=O)([O-])OCC[N+](C)(C)C)C(O)/C=C/CC/C=C/CCCCCCCCCCCCCCCCCCCCCCCCCC. The smallest absolute Gasteiger partial charge is 0.268 e. The van der Waals surface area contributed by atoms with Crippen LogP contribution in [0.2, 0.25) is 0 Å². The third kappa shape index (κ3) is 77.2. The van der Waals surface area contributed by atoms with Crippen molar-refractivity contribution in [2.75, 3.05) is 40.9 Å². The van der Waals surface area contributed by atoms with E-state index in [0.717, 1.165) is 64.2 Å². The number of amides is 1. The predicted molar refractivity (Wildman–Crippen MR) is 408 cm³/mol. The Morgan fingerprint density at radius 2 is 0.667 bits per heavy atom. The molecule has 0 spiro atoms. The summed E-state index contributed by atoms with van der Waals surface area (Å²) in [5.41, 5.74) is 0. The molecule has 0 rings (SSSR count). The first-order valence-electron chi connectivity index (χ1n) is 40.8. The van der Waals surface area contributed by atoms with E-state index < -0.39 is 20.0 Å². The summed E-state index contributed by atoms with van der Waals surface area (Å²) in [7, 11) is 1.26. The standard InChI is InChI=1S/C84H159N2O6P/c1-6-8-10-12-14-16-18-20-22-24-26-28-30-32-34-36-38-39-40-41-42-43-44-45-46-47-48-50-52-54-56-58-60-62-64-66-68-70-72-74-76-78-84(88)85-82(81-92-93(89,90)91-80-79-86(3,4)5)83(87)77-75-73-71-69-67-65-63-61-59-57-55-53-51-49-37-35-33-31-29-27-25-23-21-19-17-15-13-11-9-7-2/h8,10,14,16,20,22,26,28,67,69,75,77,82-83,87H,6-7,9,11-13,15,17-19,21,23-25,27,29-66,68,70-74,76,78-81H2,1-5H3,(H-,85,88,89,90)/b10-8-,16-14-,22-20-,28-26-,69-67+,77-75+. The Bertz CT molecular complexity index is 1750. The number of quaternary nitrogens is 1. The molecule has 2 N–H and O–H groups in total. The van der Waals surface area contributed by atoms with Crippen molar-refractivity contribution >= 4 is 13.7 Å². The summed E-state index contributed by atoms with van der Waals surface area (Å²) in [5.74, 6) is -0.199. The molecule has 0 bridgehead atoms.